The Morgan fingerprint density at radius 1 is 1.33 bits per heavy atom. The summed E-state index contributed by atoms with van der Waals surface area (Å²) in [4.78, 5) is 37.7. The molecule has 0 spiro atoms. The lowest BCUT2D eigenvalue weighted by atomic mass is 9.94. The van der Waals surface area contributed by atoms with E-state index in [1.807, 2.05) is 11.0 Å². The van der Waals surface area contributed by atoms with E-state index in [-0.39, 0.29) is 18.4 Å². The zero-order valence-electron chi connectivity index (χ0n) is 15.7. The molecule has 2 heterocycles. The van der Waals surface area contributed by atoms with Gasteiger partial charge in [0, 0.05) is 30.8 Å². The second-order valence-electron chi connectivity index (χ2n) is 7.53. The van der Waals surface area contributed by atoms with Crippen LogP contribution in [0.25, 0.3) is 0 Å². The van der Waals surface area contributed by atoms with Crippen LogP contribution < -0.4 is 10.6 Å². The molecular weight excluding hydrogens is 346 g/mol. The molecule has 0 aromatic heterocycles. The number of hydrogen-bond donors (Lipinski definition) is 3. The molecule has 0 saturated carbocycles. The third kappa shape index (κ3) is 4.66. The first-order chi connectivity index (χ1) is 13.0. The summed E-state index contributed by atoms with van der Waals surface area (Å²) in [6, 6.07) is 5.15. The number of piperidine rings is 1. The molecule has 3 N–H and O–H groups in total. The molecule has 3 rings (SSSR count). The molecule has 7 nitrogen and oxygen atoms in total. The molecule has 146 valence electrons. The van der Waals surface area contributed by atoms with Crippen LogP contribution in [0.4, 0.5) is 0 Å². The lowest BCUT2D eigenvalue weighted by Gasteiger charge is -2.25. The number of carboxylic acid groups (broad SMARTS) is 1. The smallest absolute Gasteiger partial charge is 0.308 e. The van der Waals surface area contributed by atoms with E-state index in [2.05, 4.69) is 10.6 Å². The highest BCUT2D eigenvalue weighted by atomic mass is 16.4. The average molecular weight is 373 g/mol. The predicted molar refractivity (Wildman–Crippen MR) is 101 cm³/mol. The molecule has 2 aliphatic heterocycles. The van der Waals surface area contributed by atoms with Gasteiger partial charge in [0.2, 0.25) is 0 Å². The summed E-state index contributed by atoms with van der Waals surface area (Å²) < 4.78 is 0. The first kappa shape index (κ1) is 19.4. The molecule has 7 heteroatoms. The van der Waals surface area contributed by atoms with Crippen LogP contribution in [0.3, 0.4) is 0 Å². The standard InChI is InChI=1S/C20H27N3O4/c1-13(20(26)27)11-22-18(24)15-2-3-16-12-23(19(25)17(16)10-15)9-6-14-4-7-21-8-5-14/h2-3,10,13-14,21H,4-9,11-12H2,1H3,(H,22,24)(H,26,27)/t13-/m0/s1. The van der Waals surface area contributed by atoms with Gasteiger partial charge in [-0.1, -0.05) is 13.0 Å². The molecule has 1 fully saturated rings. The number of nitrogens with one attached hydrogen (secondary N) is 2. The van der Waals surface area contributed by atoms with Crippen molar-refractivity contribution in [1.29, 1.82) is 0 Å². The van der Waals surface area contributed by atoms with Crippen molar-refractivity contribution in [2.75, 3.05) is 26.2 Å². The van der Waals surface area contributed by atoms with Gasteiger partial charge in [0.05, 0.1) is 5.92 Å². The number of amides is 2. The molecular formula is C20H27N3O4. The highest BCUT2D eigenvalue weighted by Gasteiger charge is 2.28. The topological polar surface area (TPSA) is 98.7 Å². The van der Waals surface area contributed by atoms with Crippen molar-refractivity contribution in [3.8, 4) is 0 Å². The summed E-state index contributed by atoms with van der Waals surface area (Å²) in [5, 5.41) is 14.9. The lowest BCUT2D eigenvalue weighted by molar-refractivity contribution is -0.140. The molecule has 27 heavy (non-hydrogen) atoms. The third-order valence-corrected chi connectivity index (χ3v) is 5.51. The second-order valence-corrected chi connectivity index (χ2v) is 7.53. The van der Waals surface area contributed by atoms with Crippen LogP contribution >= 0.6 is 0 Å². The average Bonchev–Trinajstić information content (AvgIpc) is 3.00. The van der Waals surface area contributed by atoms with Crippen molar-refractivity contribution in [2.45, 2.75) is 32.7 Å². The predicted octanol–water partition coefficient (Wildman–Crippen LogP) is 1.48. The van der Waals surface area contributed by atoms with Crippen molar-refractivity contribution in [1.82, 2.24) is 15.5 Å². The summed E-state index contributed by atoms with van der Waals surface area (Å²) in [6.45, 7) is 5.04. The Morgan fingerprint density at radius 2 is 2.07 bits per heavy atom. The molecule has 1 saturated heterocycles. The quantitative estimate of drug-likeness (QED) is 0.672. The van der Waals surface area contributed by atoms with E-state index in [0.29, 0.717) is 23.6 Å². The number of benzene rings is 1. The number of nitrogens with zero attached hydrogens (tertiary/aromatic N) is 1. The summed E-state index contributed by atoms with van der Waals surface area (Å²) in [7, 11) is 0. The van der Waals surface area contributed by atoms with Gasteiger partial charge in [-0.15, -0.1) is 0 Å². The molecule has 1 aromatic rings. The maximum Gasteiger partial charge on any atom is 0.308 e. The largest absolute Gasteiger partial charge is 0.481 e. The first-order valence-electron chi connectivity index (χ1n) is 9.59. The number of rotatable bonds is 7. The number of fused-ring (bicyclic) bond motifs is 1. The molecule has 2 amide bonds. The Morgan fingerprint density at radius 3 is 2.78 bits per heavy atom. The first-order valence-corrected chi connectivity index (χ1v) is 9.59. The number of hydrogen-bond acceptors (Lipinski definition) is 4. The Bertz CT molecular complexity index is 728. The van der Waals surface area contributed by atoms with E-state index in [0.717, 1.165) is 44.5 Å². The van der Waals surface area contributed by atoms with Crippen molar-refractivity contribution >= 4 is 17.8 Å². The van der Waals surface area contributed by atoms with Gasteiger partial charge in [0.15, 0.2) is 0 Å². The van der Waals surface area contributed by atoms with Gasteiger partial charge in [-0.3, -0.25) is 14.4 Å². The maximum atomic E-state index is 12.7. The van der Waals surface area contributed by atoms with Crippen molar-refractivity contribution in [3.63, 3.8) is 0 Å². The molecule has 0 radical (unpaired) electrons. The van der Waals surface area contributed by atoms with Gasteiger partial charge in [0.1, 0.15) is 0 Å². The summed E-state index contributed by atoms with van der Waals surface area (Å²) in [6.07, 6.45) is 3.34. The monoisotopic (exact) mass is 373 g/mol. The van der Waals surface area contributed by atoms with Gasteiger partial charge in [-0.2, -0.15) is 0 Å². The number of carboxylic acids is 1. The van der Waals surface area contributed by atoms with Crippen LogP contribution in [0.2, 0.25) is 0 Å². The summed E-state index contributed by atoms with van der Waals surface area (Å²) in [5.41, 5.74) is 1.92. The van der Waals surface area contributed by atoms with Gasteiger partial charge in [-0.05, 0) is 56.0 Å². The highest BCUT2D eigenvalue weighted by Crippen LogP contribution is 2.26. The molecule has 1 atom stereocenters. The zero-order chi connectivity index (χ0) is 19.4. The lowest BCUT2D eigenvalue weighted by Crippen LogP contribution is -2.32. The molecule has 0 aliphatic carbocycles. The van der Waals surface area contributed by atoms with E-state index >= 15 is 0 Å². The summed E-state index contributed by atoms with van der Waals surface area (Å²) >= 11 is 0. The number of carbonyl (C=O) groups excluding carboxylic acids is 2. The minimum absolute atomic E-state index is 0.0208. The van der Waals surface area contributed by atoms with Gasteiger partial charge < -0.3 is 20.6 Å². The fraction of sp³-hybridized carbons (Fsp3) is 0.550. The van der Waals surface area contributed by atoms with E-state index in [1.165, 1.54) is 6.92 Å². The fourth-order valence-corrected chi connectivity index (χ4v) is 3.63. The Labute approximate surface area is 159 Å². The number of aliphatic carboxylic acids is 1. The fourth-order valence-electron chi connectivity index (χ4n) is 3.63. The van der Waals surface area contributed by atoms with Gasteiger partial charge >= 0.3 is 5.97 Å². The van der Waals surface area contributed by atoms with Gasteiger partial charge in [0.25, 0.3) is 11.8 Å². The van der Waals surface area contributed by atoms with Crippen LogP contribution in [-0.4, -0.2) is 54.0 Å². The maximum absolute atomic E-state index is 12.7. The highest BCUT2D eigenvalue weighted by molar-refractivity contribution is 6.02. The summed E-state index contributed by atoms with van der Waals surface area (Å²) in [5.74, 6) is -1.32. The van der Waals surface area contributed by atoms with Crippen LogP contribution in [0.1, 0.15) is 52.5 Å². The Balaban J connectivity index is 1.58. The molecule has 2 aliphatic rings. The van der Waals surface area contributed by atoms with Crippen LogP contribution in [0.5, 0.6) is 0 Å². The van der Waals surface area contributed by atoms with Crippen molar-refractivity contribution < 1.29 is 19.5 Å². The minimum atomic E-state index is -0.955. The molecule has 0 bridgehead atoms. The Kier molecular flexibility index (Phi) is 6.11. The van der Waals surface area contributed by atoms with E-state index in [1.54, 1.807) is 12.1 Å². The molecule has 0 unspecified atom stereocenters. The molecule has 1 aromatic carbocycles. The number of carbonyl (C=O) groups is 3. The van der Waals surface area contributed by atoms with Crippen LogP contribution in [0, 0.1) is 11.8 Å². The Hall–Kier alpha value is -2.41. The van der Waals surface area contributed by atoms with Crippen LogP contribution in [-0.2, 0) is 11.3 Å². The van der Waals surface area contributed by atoms with Crippen molar-refractivity contribution in [3.05, 3.63) is 34.9 Å². The van der Waals surface area contributed by atoms with E-state index in [4.69, 9.17) is 5.11 Å². The van der Waals surface area contributed by atoms with Crippen LogP contribution in [0.15, 0.2) is 18.2 Å². The van der Waals surface area contributed by atoms with Gasteiger partial charge in [-0.25, -0.2) is 0 Å². The zero-order valence-corrected chi connectivity index (χ0v) is 15.7. The normalized spacial score (nSPS) is 18.3. The van der Waals surface area contributed by atoms with Crippen molar-refractivity contribution in [2.24, 2.45) is 11.8 Å². The SMILES string of the molecule is C[C@@H](CNC(=O)c1ccc2c(c1)C(=O)N(CCC1CCNCC1)C2)C(=O)O. The minimum Gasteiger partial charge on any atom is -0.481 e. The van der Waals surface area contributed by atoms with E-state index in [9.17, 15) is 14.4 Å². The van der Waals surface area contributed by atoms with E-state index < -0.39 is 11.9 Å². The second kappa shape index (κ2) is 8.52. The third-order valence-electron chi connectivity index (χ3n) is 5.51.